The van der Waals surface area contributed by atoms with Gasteiger partial charge < -0.3 is 24.8 Å². The van der Waals surface area contributed by atoms with Gasteiger partial charge in [-0.05, 0) is 41.5 Å². The lowest BCUT2D eigenvalue weighted by molar-refractivity contribution is -0.139. The smallest absolute Gasteiger partial charge is 0.407 e. The number of carbonyl (C=O) groups is 3. The minimum Gasteiger partial charge on any atom is -0.481 e. The van der Waals surface area contributed by atoms with Crippen molar-refractivity contribution in [3.63, 3.8) is 0 Å². The van der Waals surface area contributed by atoms with Gasteiger partial charge in [-0.3, -0.25) is 9.59 Å². The molecule has 2 aromatic carbocycles. The highest BCUT2D eigenvalue weighted by atomic mass is 16.5. The minimum atomic E-state index is -0.927. The fraction of sp³-hybridized carbons (Fsp3) is 0.423. The van der Waals surface area contributed by atoms with Crippen LogP contribution in [0.4, 0.5) is 4.79 Å². The van der Waals surface area contributed by atoms with E-state index in [0.29, 0.717) is 19.5 Å². The molecule has 2 amide bonds. The number of fused-ring (bicyclic) bond motifs is 3. The van der Waals surface area contributed by atoms with Crippen molar-refractivity contribution in [3.05, 3.63) is 59.7 Å². The number of likely N-dealkylation sites (tertiary alicyclic amines) is 1. The molecule has 0 aromatic heterocycles. The fourth-order valence-corrected chi connectivity index (χ4v) is 4.93. The summed E-state index contributed by atoms with van der Waals surface area (Å²) in [5, 5.41) is 11.7. The van der Waals surface area contributed by atoms with E-state index in [9.17, 15) is 14.4 Å². The van der Waals surface area contributed by atoms with Gasteiger partial charge in [-0.15, -0.1) is 0 Å². The van der Waals surface area contributed by atoms with Gasteiger partial charge in [-0.1, -0.05) is 48.5 Å². The Morgan fingerprint density at radius 1 is 1.09 bits per heavy atom. The average Bonchev–Trinajstić information content (AvgIpc) is 3.42. The van der Waals surface area contributed by atoms with Gasteiger partial charge in [0.2, 0.25) is 5.91 Å². The molecule has 1 aliphatic heterocycles. The number of carboxylic acids is 1. The molecule has 2 aliphatic rings. The maximum absolute atomic E-state index is 13.1. The van der Waals surface area contributed by atoms with E-state index in [1.54, 1.807) is 11.8 Å². The molecule has 0 spiro atoms. The number of ether oxygens (including phenoxy) is 2. The van der Waals surface area contributed by atoms with Crippen LogP contribution in [0.3, 0.4) is 0 Å². The van der Waals surface area contributed by atoms with Crippen molar-refractivity contribution in [2.24, 2.45) is 5.92 Å². The number of methoxy groups -OCH3 is 1. The Bertz CT molecular complexity index is 1030. The van der Waals surface area contributed by atoms with E-state index in [1.165, 1.54) is 7.11 Å². The lowest BCUT2D eigenvalue weighted by Gasteiger charge is -2.28. The Morgan fingerprint density at radius 3 is 2.29 bits per heavy atom. The topological polar surface area (TPSA) is 105 Å². The van der Waals surface area contributed by atoms with E-state index < -0.39 is 24.2 Å². The number of nitrogens with zero attached hydrogens (tertiary/aromatic N) is 1. The van der Waals surface area contributed by atoms with Crippen molar-refractivity contribution >= 4 is 18.0 Å². The maximum Gasteiger partial charge on any atom is 0.407 e. The molecule has 4 rings (SSSR count). The molecule has 8 heteroatoms. The summed E-state index contributed by atoms with van der Waals surface area (Å²) in [6, 6.07) is 15.2. The predicted octanol–water partition coefficient (Wildman–Crippen LogP) is 3.25. The Morgan fingerprint density at radius 2 is 1.71 bits per heavy atom. The lowest BCUT2D eigenvalue weighted by atomic mass is 9.98. The maximum atomic E-state index is 13.1. The first kappa shape index (κ1) is 23.8. The van der Waals surface area contributed by atoms with Crippen LogP contribution in [0.1, 0.15) is 36.8 Å². The second-order valence-electron chi connectivity index (χ2n) is 8.93. The zero-order valence-corrected chi connectivity index (χ0v) is 19.4. The van der Waals surface area contributed by atoms with Crippen LogP contribution in [0.2, 0.25) is 0 Å². The van der Waals surface area contributed by atoms with Crippen LogP contribution in [0, 0.1) is 5.92 Å². The summed E-state index contributed by atoms with van der Waals surface area (Å²) in [6.45, 7) is 2.66. The molecule has 0 radical (unpaired) electrons. The van der Waals surface area contributed by atoms with Crippen LogP contribution >= 0.6 is 0 Å². The molecule has 3 atom stereocenters. The number of benzene rings is 2. The third-order valence-corrected chi connectivity index (χ3v) is 6.79. The first-order valence-corrected chi connectivity index (χ1v) is 11.5. The third kappa shape index (κ3) is 4.92. The number of aliphatic carboxylic acids is 1. The molecule has 1 fully saturated rings. The zero-order chi connectivity index (χ0) is 24.2. The molecule has 180 valence electrons. The second kappa shape index (κ2) is 10.3. The molecule has 34 heavy (non-hydrogen) atoms. The number of hydrogen-bond donors (Lipinski definition) is 2. The van der Waals surface area contributed by atoms with Gasteiger partial charge in [0.1, 0.15) is 12.6 Å². The van der Waals surface area contributed by atoms with Gasteiger partial charge in [-0.25, -0.2) is 4.79 Å². The molecule has 0 saturated carbocycles. The standard InChI is InChI=1S/C26H30N2O6/c1-16(33-2)24(25(31)28-12-11-17(14-28)13-23(29)30)27-26(32)34-15-22-20-9-5-3-7-18(20)19-8-4-6-10-21(19)22/h3-10,16-17,22,24H,11-15H2,1-2H3,(H,27,32)(H,29,30)/t16-,17?,24+/m1/s1. The molecule has 0 bridgehead atoms. The monoisotopic (exact) mass is 466 g/mol. The predicted molar refractivity (Wildman–Crippen MR) is 125 cm³/mol. The van der Waals surface area contributed by atoms with E-state index >= 15 is 0 Å². The highest BCUT2D eigenvalue weighted by Crippen LogP contribution is 2.44. The summed E-state index contributed by atoms with van der Waals surface area (Å²) in [5.74, 6) is -1.34. The number of rotatable bonds is 8. The Kier molecular flexibility index (Phi) is 7.17. The molecular formula is C26H30N2O6. The quantitative estimate of drug-likeness (QED) is 0.619. The Labute approximate surface area is 198 Å². The van der Waals surface area contributed by atoms with Gasteiger partial charge in [0.05, 0.1) is 6.10 Å². The summed E-state index contributed by atoms with van der Waals surface area (Å²) < 4.78 is 10.9. The summed E-state index contributed by atoms with van der Waals surface area (Å²) >= 11 is 0. The van der Waals surface area contributed by atoms with Crippen molar-refractivity contribution in [2.75, 3.05) is 26.8 Å². The Hall–Kier alpha value is -3.39. The summed E-state index contributed by atoms with van der Waals surface area (Å²) in [4.78, 5) is 38.5. The number of amides is 2. The molecule has 2 N–H and O–H groups in total. The summed E-state index contributed by atoms with van der Waals surface area (Å²) in [7, 11) is 1.47. The van der Waals surface area contributed by atoms with Gasteiger partial charge in [0, 0.05) is 32.5 Å². The van der Waals surface area contributed by atoms with E-state index in [2.05, 4.69) is 17.4 Å². The first-order valence-electron chi connectivity index (χ1n) is 11.5. The second-order valence-corrected chi connectivity index (χ2v) is 8.93. The number of carbonyl (C=O) groups excluding carboxylic acids is 2. The number of nitrogens with one attached hydrogen (secondary N) is 1. The minimum absolute atomic E-state index is 0.0219. The molecule has 1 saturated heterocycles. The number of alkyl carbamates (subject to hydrolysis) is 1. The number of carboxylic acid groups (broad SMARTS) is 1. The third-order valence-electron chi connectivity index (χ3n) is 6.79. The van der Waals surface area contributed by atoms with Gasteiger partial charge in [0.15, 0.2) is 0 Å². The van der Waals surface area contributed by atoms with E-state index in [1.807, 2.05) is 36.4 Å². The summed E-state index contributed by atoms with van der Waals surface area (Å²) in [5.41, 5.74) is 4.49. The van der Waals surface area contributed by atoms with Crippen LogP contribution in [-0.4, -0.2) is 66.9 Å². The Balaban J connectivity index is 1.40. The van der Waals surface area contributed by atoms with Crippen molar-refractivity contribution in [1.82, 2.24) is 10.2 Å². The van der Waals surface area contributed by atoms with E-state index in [0.717, 1.165) is 22.3 Å². The zero-order valence-electron chi connectivity index (χ0n) is 19.4. The molecule has 1 unspecified atom stereocenters. The van der Waals surface area contributed by atoms with E-state index in [-0.39, 0.29) is 30.8 Å². The molecule has 1 aliphatic carbocycles. The van der Waals surface area contributed by atoms with Crippen LogP contribution < -0.4 is 5.32 Å². The van der Waals surface area contributed by atoms with Gasteiger partial charge >= 0.3 is 12.1 Å². The van der Waals surface area contributed by atoms with Gasteiger partial charge in [-0.2, -0.15) is 0 Å². The van der Waals surface area contributed by atoms with Crippen LogP contribution in [0.25, 0.3) is 11.1 Å². The SMILES string of the molecule is CO[C@H](C)[C@H](NC(=O)OCC1c2ccccc2-c2ccccc21)C(=O)N1CCC(CC(=O)O)C1. The van der Waals surface area contributed by atoms with Crippen molar-refractivity contribution in [1.29, 1.82) is 0 Å². The molecular weight excluding hydrogens is 436 g/mol. The highest BCUT2D eigenvalue weighted by Gasteiger charge is 2.36. The van der Waals surface area contributed by atoms with Crippen LogP contribution in [0.5, 0.6) is 0 Å². The van der Waals surface area contributed by atoms with Crippen molar-refractivity contribution in [3.8, 4) is 11.1 Å². The van der Waals surface area contributed by atoms with Crippen LogP contribution in [0.15, 0.2) is 48.5 Å². The summed E-state index contributed by atoms with van der Waals surface area (Å²) in [6.07, 6.45) is -0.623. The normalized spacial score (nSPS) is 18.6. The number of hydrogen-bond acceptors (Lipinski definition) is 5. The molecule has 1 heterocycles. The fourth-order valence-electron chi connectivity index (χ4n) is 4.93. The van der Waals surface area contributed by atoms with Crippen molar-refractivity contribution in [2.45, 2.75) is 37.8 Å². The van der Waals surface area contributed by atoms with Gasteiger partial charge in [0.25, 0.3) is 0 Å². The van der Waals surface area contributed by atoms with Crippen molar-refractivity contribution < 1.29 is 29.0 Å². The average molecular weight is 467 g/mol. The van der Waals surface area contributed by atoms with E-state index in [4.69, 9.17) is 14.6 Å². The first-order chi connectivity index (χ1) is 16.4. The largest absolute Gasteiger partial charge is 0.481 e. The lowest BCUT2D eigenvalue weighted by Crippen LogP contribution is -2.54. The molecule has 8 nitrogen and oxygen atoms in total. The van der Waals surface area contributed by atoms with Crippen LogP contribution in [-0.2, 0) is 19.1 Å². The molecule has 2 aromatic rings. The highest BCUT2D eigenvalue weighted by molar-refractivity contribution is 5.86.